The van der Waals surface area contributed by atoms with E-state index in [2.05, 4.69) is 20.3 Å². The lowest BCUT2D eigenvalue weighted by Crippen LogP contribution is -2.35. The summed E-state index contributed by atoms with van der Waals surface area (Å²) in [5, 5.41) is 2.27. The van der Waals surface area contributed by atoms with Gasteiger partial charge in [0.05, 0.1) is 5.75 Å². The average Bonchev–Trinajstić information content (AvgIpc) is 2.36. The molecule has 0 aliphatic carbocycles. The number of aryl methyl sites for hydroxylation is 2. The normalized spacial score (nSPS) is 11.0. The number of aromatic nitrogens is 3. The lowest BCUT2D eigenvalue weighted by Gasteiger charge is -2.08. The molecule has 8 nitrogen and oxygen atoms in total. The number of benzene rings is 1. The molecule has 1 heterocycles. The molecule has 2 aromatic rings. The molecule has 9 heteroatoms. The molecule has 0 spiro atoms. The molecule has 0 bridgehead atoms. The summed E-state index contributed by atoms with van der Waals surface area (Å²) in [6, 6.07) is 7.64. The van der Waals surface area contributed by atoms with Crippen LogP contribution in [0.25, 0.3) is 0 Å². The van der Waals surface area contributed by atoms with E-state index in [-0.39, 0.29) is 11.7 Å². The third kappa shape index (κ3) is 4.77. The number of sulfonamides is 1. The average molecular weight is 321 g/mol. The monoisotopic (exact) mass is 321 g/mol. The number of urea groups is 1. The van der Waals surface area contributed by atoms with E-state index in [1.807, 2.05) is 4.72 Å². The molecule has 0 unspecified atom stereocenters. The highest BCUT2D eigenvalue weighted by molar-refractivity contribution is 7.89. The van der Waals surface area contributed by atoms with E-state index in [4.69, 9.17) is 0 Å². The van der Waals surface area contributed by atoms with Crippen molar-refractivity contribution in [1.82, 2.24) is 19.7 Å². The van der Waals surface area contributed by atoms with E-state index in [0.29, 0.717) is 17.2 Å². The van der Waals surface area contributed by atoms with Crippen LogP contribution in [0.2, 0.25) is 0 Å². The quantitative estimate of drug-likeness (QED) is 0.873. The minimum absolute atomic E-state index is 0.00240. The Morgan fingerprint density at radius 3 is 2.23 bits per heavy atom. The summed E-state index contributed by atoms with van der Waals surface area (Å²) in [5.74, 6) is 0.554. The van der Waals surface area contributed by atoms with Gasteiger partial charge in [-0.15, -0.1) is 0 Å². The Morgan fingerprint density at radius 1 is 1.05 bits per heavy atom. The summed E-state index contributed by atoms with van der Waals surface area (Å²) < 4.78 is 25.7. The van der Waals surface area contributed by atoms with Gasteiger partial charge in [-0.25, -0.2) is 22.9 Å². The predicted molar refractivity (Wildman–Crippen MR) is 80.5 cm³/mol. The minimum Gasteiger partial charge on any atom is -0.275 e. The molecule has 0 aliphatic rings. The number of amides is 2. The minimum atomic E-state index is -3.81. The maximum Gasteiger partial charge on any atom is 0.335 e. The molecule has 2 rings (SSSR count). The maximum atomic E-state index is 11.9. The van der Waals surface area contributed by atoms with Gasteiger partial charge in [0.15, 0.2) is 0 Å². The van der Waals surface area contributed by atoms with Gasteiger partial charge in [0.25, 0.3) is 0 Å². The van der Waals surface area contributed by atoms with Crippen molar-refractivity contribution in [1.29, 1.82) is 0 Å². The van der Waals surface area contributed by atoms with Gasteiger partial charge in [0.2, 0.25) is 16.0 Å². The molecule has 1 aromatic carbocycles. The van der Waals surface area contributed by atoms with Crippen LogP contribution in [-0.4, -0.2) is 29.4 Å². The van der Waals surface area contributed by atoms with E-state index in [0.717, 1.165) is 0 Å². The van der Waals surface area contributed by atoms with Crippen molar-refractivity contribution < 1.29 is 13.2 Å². The van der Waals surface area contributed by atoms with Crippen LogP contribution < -0.4 is 10.0 Å². The zero-order chi connectivity index (χ0) is 16.2. The van der Waals surface area contributed by atoms with Crippen LogP contribution >= 0.6 is 0 Å². The number of nitrogens with zero attached hydrogens (tertiary/aromatic N) is 3. The van der Waals surface area contributed by atoms with E-state index in [9.17, 15) is 13.2 Å². The second-order valence-corrected chi connectivity index (χ2v) is 6.28. The Balaban J connectivity index is 2.01. The van der Waals surface area contributed by atoms with Crippen LogP contribution in [0.5, 0.6) is 0 Å². The van der Waals surface area contributed by atoms with Crippen molar-refractivity contribution in [2.24, 2.45) is 0 Å². The third-order valence-electron chi connectivity index (χ3n) is 2.53. The molecule has 2 amide bonds. The van der Waals surface area contributed by atoms with E-state index < -0.39 is 16.1 Å². The van der Waals surface area contributed by atoms with Crippen molar-refractivity contribution >= 4 is 22.0 Å². The highest BCUT2D eigenvalue weighted by Gasteiger charge is 2.16. The SMILES string of the molecule is Cc1nc(C)nc(NC(=O)NS(=O)(=O)Cc2ccccc2)n1. The Hall–Kier alpha value is -2.55. The van der Waals surface area contributed by atoms with Gasteiger partial charge >= 0.3 is 6.03 Å². The lowest BCUT2D eigenvalue weighted by atomic mass is 10.2. The summed E-state index contributed by atoms with van der Waals surface area (Å²) in [6.45, 7) is 3.29. The largest absolute Gasteiger partial charge is 0.335 e. The number of hydrogen-bond donors (Lipinski definition) is 2. The predicted octanol–water partition coefficient (Wildman–Crippen LogP) is 1.14. The Morgan fingerprint density at radius 2 is 1.64 bits per heavy atom. The number of hydrogen-bond acceptors (Lipinski definition) is 6. The Kier molecular flexibility index (Phi) is 4.66. The van der Waals surface area contributed by atoms with Gasteiger partial charge in [0.1, 0.15) is 11.6 Å². The fourth-order valence-electron chi connectivity index (χ4n) is 1.77. The first-order valence-corrected chi connectivity index (χ1v) is 8.04. The van der Waals surface area contributed by atoms with Crippen LogP contribution in [0.1, 0.15) is 17.2 Å². The summed E-state index contributed by atoms with van der Waals surface area (Å²) in [7, 11) is -3.81. The second-order valence-electron chi connectivity index (χ2n) is 4.55. The molecule has 2 N–H and O–H groups in total. The number of anilines is 1. The van der Waals surface area contributed by atoms with Crippen molar-refractivity contribution in [3.63, 3.8) is 0 Å². The number of carbonyl (C=O) groups excluding carboxylic acids is 1. The van der Waals surface area contributed by atoms with Gasteiger partial charge in [-0.05, 0) is 19.4 Å². The zero-order valence-corrected chi connectivity index (χ0v) is 12.9. The van der Waals surface area contributed by atoms with Gasteiger partial charge in [-0.2, -0.15) is 9.97 Å². The molecular formula is C13H15N5O3S. The summed E-state index contributed by atoms with van der Waals surface area (Å²) in [4.78, 5) is 23.5. The first-order valence-electron chi connectivity index (χ1n) is 6.39. The van der Waals surface area contributed by atoms with Crippen LogP contribution in [0.4, 0.5) is 10.7 Å². The van der Waals surface area contributed by atoms with Gasteiger partial charge < -0.3 is 0 Å². The molecule has 0 fully saturated rings. The van der Waals surface area contributed by atoms with Crippen molar-refractivity contribution in [2.75, 3.05) is 5.32 Å². The Labute approximate surface area is 128 Å². The van der Waals surface area contributed by atoms with Gasteiger partial charge in [-0.3, -0.25) is 5.32 Å². The molecule has 116 valence electrons. The molecule has 22 heavy (non-hydrogen) atoms. The third-order valence-corrected chi connectivity index (χ3v) is 3.74. The fourth-order valence-corrected chi connectivity index (χ4v) is 2.81. The van der Waals surface area contributed by atoms with Crippen molar-refractivity contribution in [2.45, 2.75) is 19.6 Å². The topological polar surface area (TPSA) is 114 Å². The maximum absolute atomic E-state index is 11.9. The Bertz CT molecular complexity index is 757. The van der Waals surface area contributed by atoms with Crippen LogP contribution in [-0.2, 0) is 15.8 Å². The molecule has 0 aliphatic heterocycles. The van der Waals surface area contributed by atoms with E-state index in [1.54, 1.807) is 44.2 Å². The van der Waals surface area contributed by atoms with Crippen LogP contribution in [0.3, 0.4) is 0 Å². The molecule has 0 saturated heterocycles. The zero-order valence-electron chi connectivity index (χ0n) is 12.1. The molecule has 0 saturated carbocycles. The highest BCUT2D eigenvalue weighted by Crippen LogP contribution is 2.05. The number of carbonyl (C=O) groups is 1. The molecule has 0 radical (unpaired) electrons. The summed E-state index contributed by atoms with van der Waals surface area (Å²) >= 11 is 0. The summed E-state index contributed by atoms with van der Waals surface area (Å²) in [5.41, 5.74) is 0.578. The summed E-state index contributed by atoms with van der Waals surface area (Å²) in [6.07, 6.45) is 0. The number of rotatable bonds is 4. The smallest absolute Gasteiger partial charge is 0.275 e. The van der Waals surface area contributed by atoms with Crippen LogP contribution in [0.15, 0.2) is 30.3 Å². The van der Waals surface area contributed by atoms with E-state index >= 15 is 0 Å². The standard InChI is InChI=1S/C13H15N5O3S/c1-9-14-10(2)16-12(15-9)17-13(19)18-22(20,21)8-11-6-4-3-5-7-11/h3-7H,8H2,1-2H3,(H2,14,15,16,17,18,19). The van der Waals surface area contributed by atoms with Crippen LogP contribution in [0, 0.1) is 13.8 Å². The lowest BCUT2D eigenvalue weighted by molar-refractivity contribution is 0.256. The first kappa shape index (κ1) is 15.8. The van der Waals surface area contributed by atoms with Gasteiger partial charge in [-0.1, -0.05) is 30.3 Å². The van der Waals surface area contributed by atoms with Gasteiger partial charge in [0, 0.05) is 0 Å². The number of nitrogens with one attached hydrogen (secondary N) is 2. The molecule has 1 aromatic heterocycles. The highest BCUT2D eigenvalue weighted by atomic mass is 32.2. The van der Waals surface area contributed by atoms with Crippen molar-refractivity contribution in [3.8, 4) is 0 Å². The molecular weight excluding hydrogens is 306 g/mol. The fraction of sp³-hybridized carbons (Fsp3) is 0.231. The van der Waals surface area contributed by atoms with Crippen molar-refractivity contribution in [3.05, 3.63) is 47.5 Å². The van der Waals surface area contributed by atoms with E-state index in [1.165, 1.54) is 0 Å². The second kappa shape index (κ2) is 6.48. The first-order chi connectivity index (χ1) is 10.3. The molecule has 0 atom stereocenters.